The largest absolute Gasteiger partial charge is 0.351 e. The van der Waals surface area contributed by atoms with Crippen LogP contribution in [-0.2, 0) is 6.54 Å². The van der Waals surface area contributed by atoms with Crippen LogP contribution in [0.2, 0.25) is 0 Å². The van der Waals surface area contributed by atoms with Gasteiger partial charge in [0.15, 0.2) is 0 Å². The lowest BCUT2D eigenvalue weighted by atomic mass is 10.3. The maximum absolute atomic E-state index is 12.1. The molecule has 6 nitrogen and oxygen atoms in total. The Kier molecular flexibility index (Phi) is 2.98. The van der Waals surface area contributed by atoms with Gasteiger partial charge in [0.25, 0.3) is 5.91 Å². The Morgan fingerprint density at radius 3 is 2.90 bits per heavy atom. The van der Waals surface area contributed by atoms with Crippen molar-refractivity contribution >= 4 is 22.9 Å². The first kappa shape index (κ1) is 12.4. The normalized spacial score (nSPS) is 10.9. The zero-order valence-corrected chi connectivity index (χ0v) is 11.3. The number of rotatable bonds is 3. The Hall–Kier alpha value is -2.63. The molecule has 2 heterocycles. The van der Waals surface area contributed by atoms with Crippen molar-refractivity contribution in [3.63, 3.8) is 0 Å². The second-order valence-corrected chi connectivity index (χ2v) is 4.46. The number of amides is 1. The van der Waals surface area contributed by atoms with Crippen molar-refractivity contribution < 1.29 is 9.32 Å². The Morgan fingerprint density at radius 2 is 2.20 bits per heavy atom. The van der Waals surface area contributed by atoms with E-state index in [0.717, 1.165) is 11.0 Å². The third kappa shape index (κ3) is 2.05. The summed E-state index contributed by atoms with van der Waals surface area (Å²) in [5, 5.41) is 6.46. The number of benzene rings is 1. The van der Waals surface area contributed by atoms with Crippen LogP contribution in [0.1, 0.15) is 23.2 Å². The van der Waals surface area contributed by atoms with E-state index in [0.29, 0.717) is 18.2 Å². The van der Waals surface area contributed by atoms with Crippen molar-refractivity contribution in [2.24, 2.45) is 0 Å². The molecule has 0 fully saturated rings. The van der Waals surface area contributed by atoms with Gasteiger partial charge < -0.3 is 9.09 Å². The molecule has 0 aliphatic heterocycles. The van der Waals surface area contributed by atoms with Gasteiger partial charge in [-0.05, 0) is 26.0 Å². The lowest BCUT2D eigenvalue weighted by Gasteiger charge is -2.05. The standard InChI is InChI=1S/C14H14N4O2/c1-3-18-11-7-5-4-6-10(11)15-14(18)16-13(19)12-8-9(2)17-20-12/h4-8H,3H2,1-2H3,(H,15,16,19). The average molecular weight is 270 g/mol. The molecule has 0 saturated carbocycles. The first-order chi connectivity index (χ1) is 9.69. The number of aromatic nitrogens is 3. The van der Waals surface area contributed by atoms with E-state index in [1.54, 1.807) is 13.0 Å². The Bertz CT molecular complexity index is 772. The molecule has 20 heavy (non-hydrogen) atoms. The molecule has 1 N–H and O–H groups in total. The van der Waals surface area contributed by atoms with Gasteiger partial charge in [-0.15, -0.1) is 0 Å². The summed E-state index contributed by atoms with van der Waals surface area (Å²) < 4.78 is 6.89. The molecule has 0 aliphatic rings. The number of fused-ring (bicyclic) bond motifs is 1. The fourth-order valence-corrected chi connectivity index (χ4v) is 2.12. The number of para-hydroxylation sites is 2. The number of hydrogen-bond acceptors (Lipinski definition) is 4. The summed E-state index contributed by atoms with van der Waals surface area (Å²) >= 11 is 0. The lowest BCUT2D eigenvalue weighted by Crippen LogP contribution is -2.15. The highest BCUT2D eigenvalue weighted by atomic mass is 16.5. The van der Waals surface area contributed by atoms with Gasteiger partial charge in [-0.3, -0.25) is 10.1 Å². The van der Waals surface area contributed by atoms with Crippen LogP contribution in [-0.4, -0.2) is 20.6 Å². The first-order valence-corrected chi connectivity index (χ1v) is 6.39. The topological polar surface area (TPSA) is 73.0 Å². The summed E-state index contributed by atoms with van der Waals surface area (Å²) in [6.45, 7) is 4.48. The van der Waals surface area contributed by atoms with Crippen molar-refractivity contribution in [3.05, 3.63) is 41.8 Å². The van der Waals surface area contributed by atoms with Crippen LogP contribution in [0.5, 0.6) is 0 Å². The second kappa shape index (κ2) is 4.80. The predicted molar refractivity (Wildman–Crippen MR) is 74.6 cm³/mol. The number of carbonyl (C=O) groups is 1. The number of anilines is 1. The molecule has 3 aromatic rings. The van der Waals surface area contributed by atoms with Crippen LogP contribution in [0.3, 0.4) is 0 Å². The molecule has 0 atom stereocenters. The van der Waals surface area contributed by atoms with Gasteiger partial charge in [0.05, 0.1) is 16.7 Å². The third-order valence-electron chi connectivity index (χ3n) is 3.05. The smallest absolute Gasteiger partial charge is 0.296 e. The molecular formula is C14H14N4O2. The molecule has 1 aromatic carbocycles. The molecule has 102 valence electrons. The number of nitrogens with one attached hydrogen (secondary N) is 1. The van der Waals surface area contributed by atoms with Crippen molar-refractivity contribution in [1.82, 2.24) is 14.7 Å². The number of nitrogens with zero attached hydrogens (tertiary/aromatic N) is 3. The summed E-state index contributed by atoms with van der Waals surface area (Å²) in [7, 11) is 0. The summed E-state index contributed by atoms with van der Waals surface area (Å²) in [6.07, 6.45) is 0. The minimum atomic E-state index is -0.351. The molecular weight excluding hydrogens is 256 g/mol. The third-order valence-corrected chi connectivity index (χ3v) is 3.05. The molecule has 6 heteroatoms. The van der Waals surface area contributed by atoms with Crippen LogP contribution < -0.4 is 5.32 Å². The lowest BCUT2D eigenvalue weighted by molar-refractivity contribution is 0.0986. The minimum absolute atomic E-state index is 0.178. The number of aryl methyl sites for hydroxylation is 2. The molecule has 0 unspecified atom stereocenters. The molecule has 0 radical (unpaired) electrons. The number of carbonyl (C=O) groups excluding carboxylic acids is 1. The van der Waals surface area contributed by atoms with Crippen LogP contribution in [0.25, 0.3) is 11.0 Å². The SMILES string of the molecule is CCn1c(NC(=O)c2cc(C)no2)nc2ccccc21. The zero-order chi connectivity index (χ0) is 14.1. The van der Waals surface area contributed by atoms with Gasteiger partial charge in [-0.1, -0.05) is 17.3 Å². The van der Waals surface area contributed by atoms with Crippen molar-refractivity contribution in [2.75, 3.05) is 5.32 Å². The Labute approximate surface area is 115 Å². The maximum Gasteiger partial charge on any atom is 0.296 e. The van der Waals surface area contributed by atoms with Crippen LogP contribution in [0.15, 0.2) is 34.9 Å². The Morgan fingerprint density at radius 1 is 1.40 bits per heavy atom. The highest BCUT2D eigenvalue weighted by Crippen LogP contribution is 2.19. The van der Waals surface area contributed by atoms with E-state index in [1.165, 1.54) is 0 Å². The molecule has 0 bridgehead atoms. The molecule has 0 saturated heterocycles. The van der Waals surface area contributed by atoms with Gasteiger partial charge in [-0.25, -0.2) is 4.98 Å². The predicted octanol–water partition coefficient (Wildman–Crippen LogP) is 2.60. The fraction of sp³-hybridized carbons (Fsp3) is 0.214. The van der Waals surface area contributed by atoms with E-state index in [9.17, 15) is 4.79 Å². The summed E-state index contributed by atoms with van der Waals surface area (Å²) in [4.78, 5) is 16.5. The Balaban J connectivity index is 1.96. The van der Waals surface area contributed by atoms with E-state index >= 15 is 0 Å². The van der Waals surface area contributed by atoms with E-state index in [-0.39, 0.29) is 11.7 Å². The minimum Gasteiger partial charge on any atom is -0.351 e. The van der Waals surface area contributed by atoms with Crippen molar-refractivity contribution in [2.45, 2.75) is 20.4 Å². The van der Waals surface area contributed by atoms with Crippen LogP contribution >= 0.6 is 0 Å². The monoisotopic (exact) mass is 270 g/mol. The quantitative estimate of drug-likeness (QED) is 0.794. The molecule has 3 rings (SSSR count). The highest BCUT2D eigenvalue weighted by molar-refractivity contribution is 6.02. The maximum atomic E-state index is 12.1. The highest BCUT2D eigenvalue weighted by Gasteiger charge is 2.16. The van der Waals surface area contributed by atoms with E-state index in [2.05, 4.69) is 15.5 Å². The van der Waals surface area contributed by atoms with Crippen molar-refractivity contribution in [3.8, 4) is 0 Å². The van der Waals surface area contributed by atoms with E-state index in [4.69, 9.17) is 4.52 Å². The van der Waals surface area contributed by atoms with Gasteiger partial charge in [0.2, 0.25) is 11.7 Å². The average Bonchev–Trinajstić information content (AvgIpc) is 3.01. The molecule has 0 spiro atoms. The van der Waals surface area contributed by atoms with Crippen molar-refractivity contribution in [1.29, 1.82) is 0 Å². The number of imidazole rings is 1. The molecule has 2 aromatic heterocycles. The first-order valence-electron chi connectivity index (χ1n) is 6.39. The molecule has 0 aliphatic carbocycles. The van der Waals surface area contributed by atoms with E-state index in [1.807, 2.05) is 35.8 Å². The van der Waals surface area contributed by atoms with Crippen LogP contribution in [0, 0.1) is 6.92 Å². The zero-order valence-electron chi connectivity index (χ0n) is 11.3. The summed E-state index contributed by atoms with van der Waals surface area (Å²) in [5.74, 6) is 0.334. The summed E-state index contributed by atoms with van der Waals surface area (Å²) in [5.41, 5.74) is 2.50. The van der Waals surface area contributed by atoms with Gasteiger partial charge in [0.1, 0.15) is 0 Å². The van der Waals surface area contributed by atoms with Gasteiger partial charge in [-0.2, -0.15) is 0 Å². The summed E-state index contributed by atoms with van der Waals surface area (Å²) in [6, 6.07) is 9.34. The molecule has 1 amide bonds. The van der Waals surface area contributed by atoms with Crippen LogP contribution in [0.4, 0.5) is 5.95 Å². The number of hydrogen-bond donors (Lipinski definition) is 1. The fourth-order valence-electron chi connectivity index (χ4n) is 2.12. The van der Waals surface area contributed by atoms with E-state index < -0.39 is 0 Å². The van der Waals surface area contributed by atoms with Gasteiger partial charge >= 0.3 is 0 Å². The van der Waals surface area contributed by atoms with Gasteiger partial charge in [0, 0.05) is 12.6 Å². The second-order valence-electron chi connectivity index (χ2n) is 4.46.